The third kappa shape index (κ3) is 5.28. The summed E-state index contributed by atoms with van der Waals surface area (Å²) in [6.07, 6.45) is 0.0550. The van der Waals surface area contributed by atoms with Crippen LogP contribution >= 0.6 is 11.6 Å². The molecular formula is C13H16ClF3N2O3S. The average Bonchev–Trinajstić information content (AvgIpc) is 2.40. The van der Waals surface area contributed by atoms with Gasteiger partial charge in [0.05, 0.1) is 11.4 Å². The quantitative estimate of drug-likeness (QED) is 0.602. The second-order valence-electron chi connectivity index (χ2n) is 4.79. The second-order valence-corrected chi connectivity index (χ2v) is 6.90. The SMILES string of the molecule is CCC(=NOC(C)C)c1cc(Cl)ccc1NS(=O)(=O)C(F)(F)F. The number of anilines is 1. The highest BCUT2D eigenvalue weighted by Gasteiger charge is 2.46. The van der Waals surface area contributed by atoms with Gasteiger partial charge in [0, 0.05) is 10.6 Å². The van der Waals surface area contributed by atoms with Crippen molar-refractivity contribution in [2.75, 3.05) is 4.72 Å². The predicted octanol–water partition coefficient (Wildman–Crippen LogP) is 4.14. The highest BCUT2D eigenvalue weighted by Crippen LogP contribution is 2.29. The van der Waals surface area contributed by atoms with Gasteiger partial charge in [-0.25, -0.2) is 0 Å². The summed E-state index contributed by atoms with van der Waals surface area (Å²) < 4.78 is 61.7. The zero-order valence-corrected chi connectivity index (χ0v) is 14.2. The molecule has 0 unspecified atom stereocenters. The summed E-state index contributed by atoms with van der Waals surface area (Å²) >= 11 is 5.85. The highest BCUT2D eigenvalue weighted by molar-refractivity contribution is 7.93. The van der Waals surface area contributed by atoms with Crippen LogP contribution in [0.3, 0.4) is 0 Å². The summed E-state index contributed by atoms with van der Waals surface area (Å²) in [6.45, 7) is 5.15. The number of nitrogens with one attached hydrogen (secondary N) is 1. The molecule has 0 aliphatic carbocycles. The van der Waals surface area contributed by atoms with Gasteiger partial charge in [-0.2, -0.15) is 21.6 Å². The van der Waals surface area contributed by atoms with Crippen LogP contribution in [0.5, 0.6) is 0 Å². The third-order valence-corrected chi connectivity index (χ3v) is 3.88. The van der Waals surface area contributed by atoms with Gasteiger partial charge in [0.15, 0.2) is 0 Å². The Bertz CT molecular complexity index is 688. The monoisotopic (exact) mass is 372 g/mol. The molecule has 0 saturated carbocycles. The molecule has 0 heterocycles. The molecular weight excluding hydrogens is 357 g/mol. The minimum absolute atomic E-state index is 0.119. The van der Waals surface area contributed by atoms with E-state index in [4.69, 9.17) is 16.4 Å². The smallest absolute Gasteiger partial charge is 0.393 e. The van der Waals surface area contributed by atoms with E-state index in [1.54, 1.807) is 20.8 Å². The normalized spacial score (nSPS) is 13.3. The number of nitrogens with zero attached hydrogens (tertiary/aromatic N) is 1. The van der Waals surface area contributed by atoms with Crippen LogP contribution in [-0.2, 0) is 14.9 Å². The van der Waals surface area contributed by atoms with Gasteiger partial charge < -0.3 is 4.84 Å². The van der Waals surface area contributed by atoms with Gasteiger partial charge in [-0.1, -0.05) is 23.7 Å². The Morgan fingerprint density at radius 2 is 2.00 bits per heavy atom. The Morgan fingerprint density at radius 3 is 2.48 bits per heavy atom. The molecule has 0 amide bonds. The molecule has 0 saturated heterocycles. The van der Waals surface area contributed by atoms with E-state index in [-0.39, 0.29) is 28.1 Å². The van der Waals surface area contributed by atoms with Crippen LogP contribution in [0.25, 0.3) is 0 Å². The van der Waals surface area contributed by atoms with Crippen molar-refractivity contribution in [3.05, 3.63) is 28.8 Å². The Morgan fingerprint density at radius 1 is 1.39 bits per heavy atom. The standard InChI is InChI=1S/C13H16ClF3N2O3S/c1-4-11(18-22-8(2)3)10-7-9(14)5-6-12(10)19-23(20,21)13(15,16)17/h5-8,19H,4H2,1-3H3. The topological polar surface area (TPSA) is 67.8 Å². The molecule has 10 heteroatoms. The number of hydrogen-bond donors (Lipinski definition) is 1. The fraction of sp³-hybridized carbons (Fsp3) is 0.462. The Kier molecular flexibility index (Phi) is 6.29. The fourth-order valence-corrected chi connectivity index (χ4v) is 2.28. The molecule has 1 rings (SSSR count). The summed E-state index contributed by atoms with van der Waals surface area (Å²) in [6, 6.07) is 3.74. The average molecular weight is 373 g/mol. The number of sulfonamides is 1. The first-order valence-electron chi connectivity index (χ1n) is 6.59. The molecule has 0 fully saturated rings. The van der Waals surface area contributed by atoms with Crippen molar-refractivity contribution < 1.29 is 26.4 Å². The summed E-state index contributed by atoms with van der Waals surface area (Å²) in [5, 5.41) is 4.07. The van der Waals surface area contributed by atoms with Gasteiger partial charge in [0.1, 0.15) is 6.10 Å². The summed E-state index contributed by atoms with van der Waals surface area (Å²) in [5.41, 5.74) is -5.32. The number of hydrogen-bond acceptors (Lipinski definition) is 4. The predicted molar refractivity (Wildman–Crippen MR) is 83.1 cm³/mol. The lowest BCUT2D eigenvalue weighted by Gasteiger charge is -2.15. The van der Waals surface area contributed by atoms with E-state index in [1.165, 1.54) is 16.9 Å². The van der Waals surface area contributed by atoms with Crippen LogP contribution < -0.4 is 4.72 Å². The zero-order valence-electron chi connectivity index (χ0n) is 12.6. The summed E-state index contributed by atoms with van der Waals surface area (Å²) in [5.74, 6) is 0. The summed E-state index contributed by atoms with van der Waals surface area (Å²) in [4.78, 5) is 5.09. The van der Waals surface area contributed by atoms with Gasteiger partial charge in [-0.15, -0.1) is 0 Å². The van der Waals surface area contributed by atoms with Crippen molar-refractivity contribution in [3.8, 4) is 0 Å². The molecule has 1 aromatic rings. The largest absolute Gasteiger partial charge is 0.516 e. The Labute approximate surface area is 137 Å². The minimum atomic E-state index is -5.55. The number of oxime groups is 1. The van der Waals surface area contributed by atoms with Crippen LogP contribution in [0.4, 0.5) is 18.9 Å². The molecule has 0 radical (unpaired) electrons. The molecule has 23 heavy (non-hydrogen) atoms. The molecule has 1 aromatic carbocycles. The van der Waals surface area contributed by atoms with E-state index in [1.807, 2.05) is 0 Å². The van der Waals surface area contributed by atoms with Crippen molar-refractivity contribution in [2.45, 2.75) is 38.8 Å². The van der Waals surface area contributed by atoms with Crippen molar-refractivity contribution in [3.63, 3.8) is 0 Å². The van der Waals surface area contributed by atoms with Crippen molar-refractivity contribution in [1.29, 1.82) is 0 Å². The van der Waals surface area contributed by atoms with E-state index in [0.717, 1.165) is 6.07 Å². The molecule has 0 aliphatic heterocycles. The molecule has 0 atom stereocenters. The maximum absolute atomic E-state index is 12.5. The first-order chi connectivity index (χ1) is 10.5. The third-order valence-electron chi connectivity index (χ3n) is 2.55. The van der Waals surface area contributed by atoms with Gasteiger partial charge in [0.25, 0.3) is 0 Å². The van der Waals surface area contributed by atoms with Crippen LogP contribution in [0.1, 0.15) is 32.8 Å². The molecule has 0 bridgehead atoms. The lowest BCUT2D eigenvalue weighted by molar-refractivity contribution is -0.0429. The highest BCUT2D eigenvalue weighted by atomic mass is 35.5. The van der Waals surface area contributed by atoms with Gasteiger partial charge >= 0.3 is 15.5 Å². The Hall–Kier alpha value is -1.48. The fourth-order valence-electron chi connectivity index (χ4n) is 1.52. The van der Waals surface area contributed by atoms with E-state index >= 15 is 0 Å². The number of rotatable bonds is 6. The number of halogens is 4. The van der Waals surface area contributed by atoms with Crippen molar-refractivity contribution in [1.82, 2.24) is 0 Å². The number of benzene rings is 1. The molecule has 0 aromatic heterocycles. The van der Waals surface area contributed by atoms with E-state index in [9.17, 15) is 21.6 Å². The van der Waals surface area contributed by atoms with Gasteiger partial charge in [-0.3, -0.25) is 4.72 Å². The number of alkyl halides is 3. The summed E-state index contributed by atoms with van der Waals surface area (Å²) in [7, 11) is -5.55. The second kappa shape index (κ2) is 7.39. The van der Waals surface area contributed by atoms with Crippen LogP contribution in [0, 0.1) is 0 Å². The molecule has 130 valence electrons. The van der Waals surface area contributed by atoms with E-state index in [0.29, 0.717) is 6.42 Å². The molecule has 5 nitrogen and oxygen atoms in total. The maximum Gasteiger partial charge on any atom is 0.516 e. The van der Waals surface area contributed by atoms with Crippen molar-refractivity contribution >= 4 is 33.0 Å². The van der Waals surface area contributed by atoms with E-state index < -0.39 is 15.5 Å². The maximum atomic E-state index is 12.5. The zero-order chi connectivity index (χ0) is 17.8. The van der Waals surface area contributed by atoms with Gasteiger partial charge in [0.2, 0.25) is 0 Å². The lowest BCUT2D eigenvalue weighted by Crippen LogP contribution is -2.30. The molecule has 0 aliphatic rings. The van der Waals surface area contributed by atoms with Crippen LogP contribution in [0.2, 0.25) is 5.02 Å². The van der Waals surface area contributed by atoms with E-state index in [2.05, 4.69) is 5.16 Å². The van der Waals surface area contributed by atoms with Crippen molar-refractivity contribution in [2.24, 2.45) is 5.16 Å². The first kappa shape index (κ1) is 19.6. The first-order valence-corrected chi connectivity index (χ1v) is 8.45. The van der Waals surface area contributed by atoms with Crippen LogP contribution in [0.15, 0.2) is 23.4 Å². The Balaban J connectivity index is 3.33. The van der Waals surface area contributed by atoms with Crippen LogP contribution in [-0.4, -0.2) is 25.7 Å². The van der Waals surface area contributed by atoms with Gasteiger partial charge in [-0.05, 0) is 38.5 Å². The molecule has 0 spiro atoms. The minimum Gasteiger partial charge on any atom is -0.393 e. The lowest BCUT2D eigenvalue weighted by atomic mass is 10.1. The molecule has 1 N–H and O–H groups in total.